The van der Waals surface area contributed by atoms with Gasteiger partial charge in [0.05, 0.1) is 5.56 Å². The third kappa shape index (κ3) is 1.72. The fourth-order valence-corrected chi connectivity index (χ4v) is 1.86. The van der Waals surface area contributed by atoms with Gasteiger partial charge in [0, 0.05) is 12.7 Å². The number of ether oxygens (including phenoxy) is 2. The van der Waals surface area contributed by atoms with Gasteiger partial charge in [-0.2, -0.15) is 0 Å². The lowest BCUT2D eigenvalue weighted by atomic mass is 10.1. The molecule has 1 aromatic carbocycles. The summed E-state index contributed by atoms with van der Waals surface area (Å²) in [7, 11) is 0. The van der Waals surface area contributed by atoms with Gasteiger partial charge in [-0.1, -0.05) is 12.1 Å². The fourth-order valence-electron chi connectivity index (χ4n) is 1.86. The predicted molar refractivity (Wildman–Crippen MR) is 63.2 cm³/mol. The van der Waals surface area contributed by atoms with E-state index in [4.69, 9.17) is 15.2 Å². The molecule has 1 aliphatic rings. The molecule has 2 aromatic rings. The highest BCUT2D eigenvalue weighted by Gasteiger charge is 2.23. The molecular formula is C13H12N2O2. The molecule has 0 saturated carbocycles. The number of fused-ring (bicyclic) bond motifs is 2. The molecule has 2 N–H and O–H groups in total. The van der Waals surface area contributed by atoms with E-state index in [0.717, 1.165) is 5.56 Å². The lowest BCUT2D eigenvalue weighted by Gasteiger charge is -2.15. The van der Waals surface area contributed by atoms with Gasteiger partial charge >= 0.3 is 0 Å². The Balaban J connectivity index is 2.13. The molecule has 0 saturated heterocycles. The summed E-state index contributed by atoms with van der Waals surface area (Å²) >= 11 is 0. The molecule has 3 rings (SSSR count). The zero-order valence-electron chi connectivity index (χ0n) is 9.17. The van der Waals surface area contributed by atoms with Crippen LogP contribution in [0.4, 0.5) is 0 Å². The maximum atomic E-state index is 5.84. The largest absolute Gasteiger partial charge is 0.480 e. The van der Waals surface area contributed by atoms with Crippen molar-refractivity contribution in [2.75, 3.05) is 6.54 Å². The van der Waals surface area contributed by atoms with E-state index in [1.165, 1.54) is 0 Å². The highest BCUT2D eigenvalue weighted by Crippen LogP contribution is 2.39. The topological polar surface area (TPSA) is 57.4 Å². The molecule has 4 nitrogen and oxygen atoms in total. The highest BCUT2D eigenvalue weighted by atomic mass is 16.5. The van der Waals surface area contributed by atoms with Crippen LogP contribution in [0.5, 0.6) is 17.4 Å². The molecular weight excluding hydrogens is 216 g/mol. The molecule has 86 valence electrons. The molecule has 1 aromatic heterocycles. The molecule has 2 heterocycles. The Morgan fingerprint density at radius 2 is 1.94 bits per heavy atom. The second-order valence-corrected chi connectivity index (χ2v) is 3.79. The van der Waals surface area contributed by atoms with Gasteiger partial charge in [-0.25, -0.2) is 4.98 Å². The number of para-hydroxylation sites is 2. The minimum atomic E-state index is -0.220. The van der Waals surface area contributed by atoms with Gasteiger partial charge in [0.15, 0.2) is 11.5 Å². The number of benzene rings is 1. The van der Waals surface area contributed by atoms with E-state index in [-0.39, 0.29) is 6.10 Å². The van der Waals surface area contributed by atoms with Crippen molar-refractivity contribution in [2.45, 2.75) is 6.10 Å². The van der Waals surface area contributed by atoms with E-state index in [1.54, 1.807) is 6.20 Å². The normalized spacial score (nSPS) is 17.1. The van der Waals surface area contributed by atoms with Gasteiger partial charge in [0.1, 0.15) is 6.10 Å². The van der Waals surface area contributed by atoms with Crippen LogP contribution in [0.15, 0.2) is 42.6 Å². The van der Waals surface area contributed by atoms with Crippen molar-refractivity contribution in [3.05, 3.63) is 48.2 Å². The number of nitrogens with two attached hydrogens (primary N) is 1. The molecule has 17 heavy (non-hydrogen) atoms. The maximum absolute atomic E-state index is 5.84. The predicted octanol–water partition coefficient (Wildman–Crippen LogP) is 2.27. The molecule has 4 heteroatoms. The average molecular weight is 228 g/mol. The van der Waals surface area contributed by atoms with Crippen LogP contribution in [0.1, 0.15) is 11.7 Å². The smallest absolute Gasteiger partial charge is 0.226 e. The Kier molecular flexibility index (Phi) is 2.42. The van der Waals surface area contributed by atoms with Gasteiger partial charge in [0.2, 0.25) is 5.88 Å². The fraction of sp³-hybridized carbons (Fsp3) is 0.154. The third-order valence-corrected chi connectivity index (χ3v) is 2.69. The number of rotatable bonds is 1. The molecule has 0 spiro atoms. The lowest BCUT2D eigenvalue weighted by molar-refractivity contribution is 0.216. The average Bonchev–Trinajstić information content (AvgIpc) is 2.54. The Labute approximate surface area is 99.0 Å². The Bertz CT molecular complexity index is 542. The minimum absolute atomic E-state index is 0.220. The van der Waals surface area contributed by atoms with Gasteiger partial charge in [-0.15, -0.1) is 0 Å². The van der Waals surface area contributed by atoms with E-state index < -0.39 is 0 Å². The summed E-state index contributed by atoms with van der Waals surface area (Å²) in [5.74, 6) is 1.93. The maximum Gasteiger partial charge on any atom is 0.226 e. The van der Waals surface area contributed by atoms with Crippen LogP contribution < -0.4 is 15.2 Å². The number of hydrogen-bond acceptors (Lipinski definition) is 4. The molecule has 0 aliphatic carbocycles. The van der Waals surface area contributed by atoms with Gasteiger partial charge in [-0.3, -0.25) is 0 Å². The zero-order chi connectivity index (χ0) is 11.7. The van der Waals surface area contributed by atoms with E-state index in [1.807, 2.05) is 36.4 Å². The first-order valence-electron chi connectivity index (χ1n) is 5.47. The standard InChI is InChI=1S/C13H12N2O2/c14-8-12-9-4-3-7-15-13(9)17-11-6-2-1-5-10(11)16-12/h1-7,12H,8,14H2. The van der Waals surface area contributed by atoms with Crippen LogP contribution in [0.2, 0.25) is 0 Å². The van der Waals surface area contributed by atoms with Crippen molar-refractivity contribution in [2.24, 2.45) is 5.73 Å². The van der Waals surface area contributed by atoms with Gasteiger partial charge in [0.25, 0.3) is 0 Å². The number of nitrogens with zero attached hydrogens (tertiary/aromatic N) is 1. The molecule has 0 fully saturated rings. The monoisotopic (exact) mass is 228 g/mol. The Morgan fingerprint density at radius 1 is 1.12 bits per heavy atom. The van der Waals surface area contributed by atoms with Crippen LogP contribution in [-0.2, 0) is 0 Å². The van der Waals surface area contributed by atoms with Crippen molar-refractivity contribution >= 4 is 0 Å². The van der Waals surface area contributed by atoms with Crippen LogP contribution in [-0.4, -0.2) is 11.5 Å². The molecule has 0 bridgehead atoms. The summed E-state index contributed by atoms with van der Waals surface area (Å²) in [6.45, 7) is 0.385. The van der Waals surface area contributed by atoms with Crippen molar-refractivity contribution in [3.8, 4) is 17.4 Å². The SMILES string of the molecule is NCC1Oc2ccccc2Oc2ncccc21. The second kappa shape index (κ2) is 4.07. The summed E-state index contributed by atoms with van der Waals surface area (Å²) in [5, 5.41) is 0. The van der Waals surface area contributed by atoms with Crippen molar-refractivity contribution < 1.29 is 9.47 Å². The van der Waals surface area contributed by atoms with E-state index in [2.05, 4.69) is 4.98 Å². The van der Waals surface area contributed by atoms with Crippen LogP contribution in [0, 0.1) is 0 Å². The molecule has 1 unspecified atom stereocenters. The van der Waals surface area contributed by atoms with Crippen LogP contribution in [0.3, 0.4) is 0 Å². The van der Waals surface area contributed by atoms with Crippen molar-refractivity contribution in [1.82, 2.24) is 4.98 Å². The summed E-state index contributed by atoms with van der Waals surface area (Å²) in [4.78, 5) is 4.22. The first-order chi connectivity index (χ1) is 8.38. The van der Waals surface area contributed by atoms with Crippen molar-refractivity contribution in [3.63, 3.8) is 0 Å². The lowest BCUT2D eigenvalue weighted by Crippen LogP contribution is -2.17. The Morgan fingerprint density at radius 3 is 2.76 bits per heavy atom. The summed E-state index contributed by atoms with van der Waals surface area (Å²) in [6, 6.07) is 11.3. The zero-order valence-corrected chi connectivity index (χ0v) is 9.17. The summed E-state index contributed by atoms with van der Waals surface area (Å²) in [5.41, 5.74) is 6.62. The van der Waals surface area contributed by atoms with E-state index in [0.29, 0.717) is 23.9 Å². The number of aromatic nitrogens is 1. The van der Waals surface area contributed by atoms with Gasteiger partial charge in [-0.05, 0) is 24.3 Å². The third-order valence-electron chi connectivity index (χ3n) is 2.69. The minimum Gasteiger partial charge on any atom is -0.480 e. The quantitative estimate of drug-likeness (QED) is 0.813. The first kappa shape index (κ1) is 10.1. The first-order valence-corrected chi connectivity index (χ1v) is 5.47. The van der Waals surface area contributed by atoms with Crippen LogP contribution >= 0.6 is 0 Å². The van der Waals surface area contributed by atoms with E-state index in [9.17, 15) is 0 Å². The van der Waals surface area contributed by atoms with Gasteiger partial charge < -0.3 is 15.2 Å². The Hall–Kier alpha value is -2.07. The highest BCUT2D eigenvalue weighted by molar-refractivity contribution is 5.46. The summed E-state index contributed by atoms with van der Waals surface area (Å²) < 4.78 is 11.6. The van der Waals surface area contributed by atoms with Crippen molar-refractivity contribution in [1.29, 1.82) is 0 Å². The van der Waals surface area contributed by atoms with E-state index >= 15 is 0 Å². The van der Waals surface area contributed by atoms with Crippen LogP contribution in [0.25, 0.3) is 0 Å². The molecule has 0 radical (unpaired) electrons. The molecule has 1 atom stereocenters. The number of pyridine rings is 1. The summed E-state index contributed by atoms with van der Waals surface area (Å²) in [6.07, 6.45) is 1.47. The second-order valence-electron chi connectivity index (χ2n) is 3.79. The number of hydrogen-bond donors (Lipinski definition) is 1. The molecule has 1 aliphatic heterocycles. The molecule has 0 amide bonds.